The highest BCUT2D eigenvalue weighted by molar-refractivity contribution is 7.14. The van der Waals surface area contributed by atoms with Crippen molar-refractivity contribution in [1.82, 2.24) is 20.2 Å². The number of aromatic nitrogens is 2. The monoisotopic (exact) mass is 451 g/mol. The number of carbonyl (C=O) groups excluding carboxylic acids is 2. The molecule has 3 heterocycles. The molecule has 0 bridgehead atoms. The number of hydrogen-bond donors (Lipinski definition) is 2. The molecule has 3 aromatic rings. The highest BCUT2D eigenvalue weighted by atomic mass is 32.1. The smallest absolute Gasteiger partial charge is 0.273 e. The van der Waals surface area contributed by atoms with Gasteiger partial charge >= 0.3 is 0 Å². The van der Waals surface area contributed by atoms with E-state index in [9.17, 15) is 9.59 Å². The lowest BCUT2D eigenvalue weighted by Gasteiger charge is -2.31. The Balaban J connectivity index is 1.33. The minimum absolute atomic E-state index is 0.0283. The molecule has 1 aromatic carbocycles. The summed E-state index contributed by atoms with van der Waals surface area (Å²) in [6.07, 6.45) is 4.97. The zero-order chi connectivity index (χ0) is 22.3. The lowest BCUT2D eigenvalue weighted by Crippen LogP contribution is -2.45. The first-order valence-corrected chi connectivity index (χ1v) is 11.3. The zero-order valence-corrected chi connectivity index (χ0v) is 18.6. The number of likely N-dealkylation sites (tertiary alicyclic amines) is 1. The molecule has 1 atom stereocenters. The third-order valence-electron chi connectivity index (χ3n) is 5.36. The maximum absolute atomic E-state index is 13.0. The van der Waals surface area contributed by atoms with Crippen molar-refractivity contribution in [2.24, 2.45) is 5.92 Å². The summed E-state index contributed by atoms with van der Waals surface area (Å²) in [7, 11) is 1.62. The predicted octanol–water partition coefficient (Wildman–Crippen LogP) is 3.46. The summed E-state index contributed by atoms with van der Waals surface area (Å²) in [5.74, 6) is 0.384. The van der Waals surface area contributed by atoms with Gasteiger partial charge in [-0.05, 0) is 54.8 Å². The number of carbonyl (C=O) groups is 2. The number of amides is 2. The number of ether oxygens (including phenoxy) is 1. The van der Waals surface area contributed by atoms with E-state index >= 15 is 0 Å². The number of hydrogen-bond acceptors (Lipinski definition) is 7. The van der Waals surface area contributed by atoms with Crippen molar-refractivity contribution >= 4 is 34.0 Å². The molecule has 32 heavy (non-hydrogen) atoms. The molecule has 4 rings (SSSR count). The van der Waals surface area contributed by atoms with Gasteiger partial charge in [0, 0.05) is 43.1 Å². The summed E-state index contributed by atoms with van der Waals surface area (Å²) in [5.41, 5.74) is 2.25. The average Bonchev–Trinajstić information content (AvgIpc) is 3.31. The molecule has 1 aliphatic rings. The molecule has 8 nitrogen and oxygen atoms in total. The fourth-order valence-electron chi connectivity index (χ4n) is 3.60. The van der Waals surface area contributed by atoms with Gasteiger partial charge in [-0.25, -0.2) is 4.98 Å². The highest BCUT2D eigenvalue weighted by Crippen LogP contribution is 2.25. The molecule has 0 spiro atoms. The number of benzene rings is 1. The summed E-state index contributed by atoms with van der Waals surface area (Å²) in [5, 5.41) is 8.57. The summed E-state index contributed by atoms with van der Waals surface area (Å²) < 4.78 is 5.16. The number of pyridine rings is 1. The lowest BCUT2D eigenvalue weighted by molar-refractivity contribution is -0.126. The number of piperidine rings is 1. The van der Waals surface area contributed by atoms with Gasteiger partial charge in [-0.15, -0.1) is 11.3 Å². The fraction of sp³-hybridized carbons (Fsp3) is 0.304. The molecule has 0 radical (unpaired) electrons. The third-order valence-corrected chi connectivity index (χ3v) is 6.12. The van der Waals surface area contributed by atoms with E-state index in [2.05, 4.69) is 20.6 Å². The Hall–Kier alpha value is -3.46. The van der Waals surface area contributed by atoms with Crippen molar-refractivity contribution in [1.29, 1.82) is 0 Å². The van der Waals surface area contributed by atoms with Crippen LogP contribution in [0.3, 0.4) is 0 Å². The Morgan fingerprint density at radius 1 is 1.19 bits per heavy atom. The first-order valence-electron chi connectivity index (χ1n) is 10.4. The Morgan fingerprint density at radius 2 is 1.97 bits per heavy atom. The van der Waals surface area contributed by atoms with Crippen molar-refractivity contribution in [3.63, 3.8) is 0 Å². The van der Waals surface area contributed by atoms with Crippen molar-refractivity contribution in [2.45, 2.75) is 19.4 Å². The van der Waals surface area contributed by atoms with Crippen LogP contribution < -0.4 is 15.4 Å². The first kappa shape index (κ1) is 21.8. The molecular weight excluding hydrogens is 426 g/mol. The quantitative estimate of drug-likeness (QED) is 0.571. The molecular formula is C23H25N5O3S. The number of thiazole rings is 1. The van der Waals surface area contributed by atoms with Gasteiger partial charge in [0.25, 0.3) is 5.91 Å². The first-order chi connectivity index (χ1) is 15.6. The van der Waals surface area contributed by atoms with Crippen LogP contribution in [0.2, 0.25) is 0 Å². The molecule has 166 valence electrons. The Morgan fingerprint density at radius 3 is 2.72 bits per heavy atom. The van der Waals surface area contributed by atoms with Crippen LogP contribution in [0.15, 0.2) is 54.2 Å². The van der Waals surface area contributed by atoms with Crippen LogP contribution in [0.25, 0.3) is 0 Å². The second kappa shape index (κ2) is 10.2. The van der Waals surface area contributed by atoms with Gasteiger partial charge in [0.1, 0.15) is 11.4 Å². The van der Waals surface area contributed by atoms with Crippen LogP contribution >= 0.6 is 11.3 Å². The van der Waals surface area contributed by atoms with Crippen molar-refractivity contribution in [3.05, 3.63) is 65.4 Å². The molecule has 2 aromatic heterocycles. The molecule has 0 aliphatic carbocycles. The molecule has 1 saturated heterocycles. The average molecular weight is 452 g/mol. The van der Waals surface area contributed by atoms with Gasteiger partial charge in [0.2, 0.25) is 5.91 Å². The highest BCUT2D eigenvalue weighted by Gasteiger charge is 2.29. The van der Waals surface area contributed by atoms with Gasteiger partial charge in [0.05, 0.1) is 13.0 Å². The van der Waals surface area contributed by atoms with Crippen LogP contribution in [0, 0.1) is 5.92 Å². The van der Waals surface area contributed by atoms with Crippen LogP contribution in [0.1, 0.15) is 28.9 Å². The zero-order valence-electron chi connectivity index (χ0n) is 17.8. The standard InChI is InChI=1S/C23H25N5O3S/c1-31-19-6-4-18(5-7-19)26-23-27-20(15-32-23)22(30)28-12-2-3-17(14-28)21(29)25-13-16-8-10-24-11-9-16/h4-11,15,17H,2-3,12-14H2,1H3,(H,25,29)(H,26,27). The van der Waals surface area contributed by atoms with Gasteiger partial charge in [-0.3, -0.25) is 14.6 Å². The topological polar surface area (TPSA) is 96.5 Å². The van der Waals surface area contributed by atoms with E-state index < -0.39 is 0 Å². The molecule has 0 saturated carbocycles. The summed E-state index contributed by atoms with van der Waals surface area (Å²) in [6.45, 7) is 1.49. The second-order valence-corrected chi connectivity index (χ2v) is 8.41. The summed E-state index contributed by atoms with van der Waals surface area (Å²) in [4.78, 5) is 35.8. The van der Waals surface area contributed by atoms with Crippen LogP contribution in [0.4, 0.5) is 10.8 Å². The maximum Gasteiger partial charge on any atom is 0.273 e. The summed E-state index contributed by atoms with van der Waals surface area (Å²) in [6, 6.07) is 11.2. The van der Waals surface area contributed by atoms with E-state index in [1.807, 2.05) is 36.4 Å². The maximum atomic E-state index is 13.0. The van der Waals surface area contributed by atoms with Gasteiger partial charge in [-0.1, -0.05) is 0 Å². The van der Waals surface area contributed by atoms with Crippen LogP contribution in [-0.4, -0.2) is 46.9 Å². The Labute approximate surface area is 190 Å². The lowest BCUT2D eigenvalue weighted by atomic mass is 9.97. The Bertz CT molecular complexity index is 1060. The molecule has 1 aliphatic heterocycles. The van der Waals surface area contributed by atoms with Crippen LogP contribution in [-0.2, 0) is 11.3 Å². The molecule has 9 heteroatoms. The van der Waals surface area contributed by atoms with Gasteiger partial charge in [-0.2, -0.15) is 0 Å². The molecule has 1 fully saturated rings. The van der Waals surface area contributed by atoms with E-state index in [0.717, 1.165) is 29.8 Å². The summed E-state index contributed by atoms with van der Waals surface area (Å²) >= 11 is 1.37. The van der Waals surface area contributed by atoms with E-state index in [-0.39, 0.29) is 17.7 Å². The molecule has 1 unspecified atom stereocenters. The predicted molar refractivity (Wildman–Crippen MR) is 123 cm³/mol. The van der Waals surface area contributed by atoms with E-state index in [0.29, 0.717) is 30.5 Å². The fourth-order valence-corrected chi connectivity index (χ4v) is 4.30. The number of rotatable bonds is 7. The SMILES string of the molecule is COc1ccc(Nc2nc(C(=O)N3CCCC(C(=O)NCc4ccncc4)C3)cs2)cc1. The van der Waals surface area contributed by atoms with Gasteiger partial charge < -0.3 is 20.3 Å². The van der Waals surface area contributed by atoms with Crippen molar-refractivity contribution in [2.75, 3.05) is 25.5 Å². The van der Waals surface area contributed by atoms with E-state index in [4.69, 9.17) is 4.74 Å². The second-order valence-electron chi connectivity index (χ2n) is 7.55. The normalized spacial score (nSPS) is 15.8. The van der Waals surface area contributed by atoms with Crippen LogP contribution in [0.5, 0.6) is 5.75 Å². The molecule has 2 amide bonds. The minimum atomic E-state index is -0.218. The van der Waals surface area contributed by atoms with Crippen molar-refractivity contribution < 1.29 is 14.3 Å². The number of methoxy groups -OCH3 is 1. The Kier molecular flexibility index (Phi) is 6.96. The number of nitrogens with one attached hydrogen (secondary N) is 2. The van der Waals surface area contributed by atoms with E-state index in [1.165, 1.54) is 11.3 Å². The number of anilines is 2. The van der Waals surface area contributed by atoms with Crippen molar-refractivity contribution in [3.8, 4) is 5.75 Å². The largest absolute Gasteiger partial charge is 0.497 e. The molecule has 2 N–H and O–H groups in total. The van der Waals surface area contributed by atoms with E-state index in [1.54, 1.807) is 29.8 Å². The number of nitrogens with zero attached hydrogens (tertiary/aromatic N) is 3. The third kappa shape index (κ3) is 5.42. The van der Waals surface area contributed by atoms with Gasteiger partial charge in [0.15, 0.2) is 5.13 Å². The minimum Gasteiger partial charge on any atom is -0.497 e.